The third-order valence-electron chi connectivity index (χ3n) is 4.63. The molecule has 14 heteroatoms. The number of amides is 1. The summed E-state index contributed by atoms with van der Waals surface area (Å²) >= 11 is 5.84. The zero-order valence-corrected chi connectivity index (χ0v) is 19.0. The third kappa shape index (κ3) is 6.36. The van der Waals surface area contributed by atoms with E-state index in [1.165, 1.54) is 6.07 Å². The summed E-state index contributed by atoms with van der Waals surface area (Å²) in [5.74, 6) is -4.90. The number of rotatable bonds is 7. The molecule has 0 unspecified atom stereocenters. The van der Waals surface area contributed by atoms with Gasteiger partial charge in [0.05, 0.1) is 35.8 Å². The number of benzene rings is 2. The minimum atomic E-state index is -5.11. The summed E-state index contributed by atoms with van der Waals surface area (Å²) < 4.78 is 73.6. The zero-order valence-electron chi connectivity index (χ0n) is 18.2. The fraction of sp³-hybridized carbons (Fsp3) is 0.0870. The minimum absolute atomic E-state index is 0.0502. The Bertz CT molecular complexity index is 1540. The normalized spacial score (nSPS) is 11.6. The number of nitrogens with two attached hydrogens (primary N) is 1. The molecule has 0 radical (unpaired) electrons. The second-order valence-electron chi connectivity index (χ2n) is 7.31. The molecule has 0 atom stereocenters. The largest absolute Gasteiger partial charge is 0.449 e. The molecule has 3 rings (SSSR count). The number of nitriles is 1. The van der Waals surface area contributed by atoms with Crippen molar-refractivity contribution in [2.45, 2.75) is 12.7 Å². The van der Waals surface area contributed by atoms with Gasteiger partial charge in [0, 0.05) is 16.7 Å². The van der Waals surface area contributed by atoms with Crippen LogP contribution in [0.1, 0.15) is 16.8 Å². The molecule has 8 nitrogen and oxygen atoms in total. The van der Waals surface area contributed by atoms with Crippen LogP contribution >= 0.6 is 11.6 Å². The van der Waals surface area contributed by atoms with Crippen molar-refractivity contribution >= 4 is 28.8 Å². The van der Waals surface area contributed by atoms with E-state index in [4.69, 9.17) is 32.7 Å². The quantitative estimate of drug-likeness (QED) is 0.261. The van der Waals surface area contributed by atoms with Crippen molar-refractivity contribution < 1.29 is 31.5 Å². The molecule has 3 N–H and O–H groups in total. The molecule has 0 aliphatic carbocycles. The molecule has 190 valence electrons. The number of nitrogens with zero attached hydrogens (tertiary/aromatic N) is 3. The number of ether oxygens (including phenoxy) is 1. The highest BCUT2D eigenvalue weighted by Gasteiger charge is 2.38. The van der Waals surface area contributed by atoms with Gasteiger partial charge in [0.25, 0.3) is 5.56 Å². The Morgan fingerprint density at radius 2 is 1.95 bits per heavy atom. The molecule has 0 aliphatic heterocycles. The number of hydrogen-bond acceptors (Lipinski definition) is 6. The van der Waals surface area contributed by atoms with Crippen molar-refractivity contribution in [2.75, 3.05) is 0 Å². The topological polar surface area (TPSA) is 135 Å². The van der Waals surface area contributed by atoms with E-state index in [1.807, 2.05) is 0 Å². The van der Waals surface area contributed by atoms with Gasteiger partial charge in [-0.15, -0.1) is 0 Å². The van der Waals surface area contributed by atoms with Crippen LogP contribution in [-0.2, 0) is 17.5 Å². The first-order valence-corrected chi connectivity index (χ1v) is 10.3. The van der Waals surface area contributed by atoms with Crippen LogP contribution in [0.25, 0.3) is 5.57 Å². The van der Waals surface area contributed by atoms with Gasteiger partial charge in [0.2, 0.25) is 11.7 Å². The van der Waals surface area contributed by atoms with E-state index >= 15 is 0 Å². The molecular weight excluding hydrogens is 525 g/mol. The minimum Gasteiger partial charge on any atom is -0.449 e. The molecule has 0 aliphatic rings. The summed E-state index contributed by atoms with van der Waals surface area (Å²) in [6.45, 7) is -0.737. The summed E-state index contributed by atoms with van der Waals surface area (Å²) in [5.41, 5.74) is 0.583. The Balaban J connectivity index is 2.04. The third-order valence-corrected chi connectivity index (χ3v) is 4.85. The van der Waals surface area contributed by atoms with Gasteiger partial charge in [0.15, 0.2) is 5.69 Å². The van der Waals surface area contributed by atoms with Gasteiger partial charge in [-0.05, 0) is 36.4 Å². The summed E-state index contributed by atoms with van der Waals surface area (Å²) in [7, 11) is 0. The number of halogens is 6. The van der Waals surface area contributed by atoms with Crippen LogP contribution in [0.5, 0.6) is 11.5 Å². The number of hydrogen-bond donors (Lipinski definition) is 2. The highest BCUT2D eigenvalue weighted by atomic mass is 35.5. The van der Waals surface area contributed by atoms with Crippen LogP contribution in [0, 0.1) is 28.4 Å². The van der Waals surface area contributed by atoms with E-state index in [-0.39, 0.29) is 16.3 Å². The van der Waals surface area contributed by atoms with Crippen LogP contribution < -0.4 is 16.0 Å². The Kier molecular flexibility index (Phi) is 7.73. The van der Waals surface area contributed by atoms with Gasteiger partial charge < -0.3 is 15.9 Å². The van der Waals surface area contributed by atoms with E-state index < -0.39 is 64.1 Å². The molecule has 0 saturated heterocycles. The molecule has 0 saturated carbocycles. The van der Waals surface area contributed by atoms with Crippen molar-refractivity contribution in [1.82, 2.24) is 9.55 Å². The predicted molar refractivity (Wildman–Crippen MR) is 121 cm³/mol. The van der Waals surface area contributed by atoms with Crippen molar-refractivity contribution in [3.05, 3.63) is 92.6 Å². The molecule has 3 aromatic rings. The average Bonchev–Trinajstić information content (AvgIpc) is 2.79. The van der Waals surface area contributed by atoms with Crippen LogP contribution in [0.2, 0.25) is 5.02 Å². The first kappa shape index (κ1) is 27.0. The Morgan fingerprint density at radius 3 is 2.54 bits per heavy atom. The maximum Gasteiger partial charge on any atom is 0.437 e. The monoisotopic (exact) mass is 537 g/mol. The molecule has 1 aromatic heterocycles. The number of aromatic nitrogens is 2. The maximum absolute atomic E-state index is 14.1. The van der Waals surface area contributed by atoms with Crippen LogP contribution in [0.3, 0.4) is 0 Å². The van der Waals surface area contributed by atoms with Gasteiger partial charge in [-0.25, -0.2) is 13.8 Å². The first-order valence-electron chi connectivity index (χ1n) is 9.89. The summed E-state index contributed by atoms with van der Waals surface area (Å²) in [6, 6.07) is 7.31. The highest BCUT2D eigenvalue weighted by Crippen LogP contribution is 2.35. The number of primary amides is 1. The zero-order chi connectivity index (χ0) is 27.5. The van der Waals surface area contributed by atoms with Crippen LogP contribution in [0.4, 0.5) is 22.0 Å². The van der Waals surface area contributed by atoms with E-state index in [0.29, 0.717) is 17.0 Å². The number of carbonyl (C=O) groups excluding carboxylic acids is 1. The van der Waals surface area contributed by atoms with Gasteiger partial charge in [0.1, 0.15) is 17.4 Å². The molecule has 1 heterocycles. The second-order valence-corrected chi connectivity index (χ2v) is 7.75. The van der Waals surface area contributed by atoms with Crippen LogP contribution in [-0.4, -0.2) is 21.2 Å². The number of allylic oxidation sites excluding steroid dienone is 1. The van der Waals surface area contributed by atoms with E-state index in [1.54, 1.807) is 6.07 Å². The molecule has 0 fully saturated rings. The van der Waals surface area contributed by atoms with Gasteiger partial charge in [-0.3, -0.25) is 14.2 Å². The molecule has 0 bridgehead atoms. The summed E-state index contributed by atoms with van der Waals surface area (Å²) in [5, 5.41) is 17.1. The Hall–Kier alpha value is -4.57. The molecule has 1 amide bonds. The molecule has 0 spiro atoms. The Labute approximate surface area is 209 Å². The summed E-state index contributed by atoms with van der Waals surface area (Å²) in [6.07, 6.45) is -3.84. The number of carbonyl (C=O) groups is 1. The fourth-order valence-corrected chi connectivity index (χ4v) is 3.30. The SMILES string of the molecule is N#Cc1cc(Cl)cc(Oc2c(C(F)(F)F)ncn(CC(=N)/C=C(\C(N)=O)c3ccc(F)cc3F)c2=O)c1. The maximum atomic E-state index is 14.1. The summed E-state index contributed by atoms with van der Waals surface area (Å²) in [4.78, 5) is 27.9. The highest BCUT2D eigenvalue weighted by molar-refractivity contribution is 6.30. The lowest BCUT2D eigenvalue weighted by atomic mass is 10.0. The standard InChI is InChI=1S/C23H13ClF5N5O3/c24-12-3-11(8-30)4-15(5-12)37-19-20(23(27,28)29)33-10-34(22(19)36)9-14(31)7-17(21(32)35)16-2-1-13(25)6-18(16)26/h1-7,10,31H,9H2,(H2,32,35)/b17-7-,31-14?. The van der Waals surface area contributed by atoms with Crippen molar-refractivity contribution in [2.24, 2.45) is 5.73 Å². The van der Waals surface area contributed by atoms with Crippen molar-refractivity contribution in [1.29, 1.82) is 10.7 Å². The number of alkyl halides is 3. The van der Waals surface area contributed by atoms with Gasteiger partial charge in [-0.2, -0.15) is 18.4 Å². The van der Waals surface area contributed by atoms with Crippen molar-refractivity contribution in [3.8, 4) is 17.6 Å². The van der Waals surface area contributed by atoms with Gasteiger partial charge >= 0.3 is 6.18 Å². The second kappa shape index (κ2) is 10.6. The van der Waals surface area contributed by atoms with E-state index in [2.05, 4.69) is 4.98 Å². The first-order chi connectivity index (χ1) is 17.3. The van der Waals surface area contributed by atoms with Crippen LogP contribution in [0.15, 0.2) is 53.6 Å². The van der Waals surface area contributed by atoms with Gasteiger partial charge in [-0.1, -0.05) is 11.6 Å². The lowest BCUT2D eigenvalue weighted by Gasteiger charge is -2.15. The predicted octanol–water partition coefficient (Wildman–Crippen LogP) is 4.45. The molecule has 2 aromatic carbocycles. The molecular formula is C23H13ClF5N5O3. The smallest absolute Gasteiger partial charge is 0.437 e. The van der Waals surface area contributed by atoms with E-state index in [9.17, 15) is 31.5 Å². The molecule has 37 heavy (non-hydrogen) atoms. The fourth-order valence-electron chi connectivity index (χ4n) is 3.07. The van der Waals surface area contributed by atoms with E-state index in [0.717, 1.165) is 30.3 Å². The lowest BCUT2D eigenvalue weighted by molar-refractivity contribution is -0.142. The average molecular weight is 538 g/mol. The Morgan fingerprint density at radius 1 is 1.24 bits per heavy atom. The number of nitrogens with one attached hydrogen (secondary N) is 1. The van der Waals surface area contributed by atoms with Crippen molar-refractivity contribution in [3.63, 3.8) is 0 Å². The lowest BCUT2D eigenvalue weighted by Crippen LogP contribution is -2.28.